The first-order chi connectivity index (χ1) is 17.9. The maximum Gasteiger partial charge on any atom is 0.266 e. The molecule has 5 amide bonds. The van der Waals surface area contributed by atoms with Crippen LogP contribution in [-0.4, -0.2) is 112 Å². The second kappa shape index (κ2) is 13.8. The number of carbonyl (C=O) groups excluding carboxylic acids is 5. The van der Waals surface area contributed by atoms with E-state index in [-0.39, 0.29) is 55.4 Å². The Morgan fingerprint density at radius 1 is 1.00 bits per heavy atom. The first-order valence-corrected chi connectivity index (χ1v) is 12.0. The number of piperidine rings is 1. The third-order valence-electron chi connectivity index (χ3n) is 5.77. The molecule has 202 valence electrons. The van der Waals surface area contributed by atoms with Gasteiger partial charge >= 0.3 is 0 Å². The fourth-order valence-electron chi connectivity index (χ4n) is 3.90. The van der Waals surface area contributed by atoms with E-state index in [2.05, 4.69) is 5.32 Å². The van der Waals surface area contributed by atoms with Crippen molar-refractivity contribution in [3.05, 3.63) is 29.3 Å². The molecular weight excluding hydrogens is 488 g/mol. The molecule has 13 nitrogen and oxygen atoms in total. The van der Waals surface area contributed by atoms with Gasteiger partial charge in [-0.3, -0.25) is 33.8 Å². The second-order valence-corrected chi connectivity index (χ2v) is 8.27. The van der Waals surface area contributed by atoms with Crippen LogP contribution in [0.2, 0.25) is 0 Å². The number of hydrogen-bond donors (Lipinski definition) is 2. The molecule has 3 rings (SSSR count). The van der Waals surface area contributed by atoms with Crippen LogP contribution in [0, 0.1) is 0 Å². The average Bonchev–Trinajstić information content (AvgIpc) is 3.15. The summed E-state index contributed by atoms with van der Waals surface area (Å²) in [6.45, 7) is 2.75. The van der Waals surface area contributed by atoms with Crippen LogP contribution in [0.4, 0.5) is 0 Å². The number of amides is 5. The van der Waals surface area contributed by atoms with Gasteiger partial charge in [0.2, 0.25) is 5.91 Å². The van der Waals surface area contributed by atoms with Crippen LogP contribution in [0.15, 0.2) is 18.2 Å². The van der Waals surface area contributed by atoms with Gasteiger partial charge in [0.25, 0.3) is 23.6 Å². The van der Waals surface area contributed by atoms with Crippen LogP contribution in [0.3, 0.4) is 0 Å². The van der Waals surface area contributed by atoms with Gasteiger partial charge in [-0.2, -0.15) is 0 Å². The van der Waals surface area contributed by atoms with Gasteiger partial charge in [0.05, 0.1) is 50.8 Å². The lowest BCUT2D eigenvalue weighted by molar-refractivity contribution is -0.149. The largest absolute Gasteiger partial charge is 0.483 e. The van der Waals surface area contributed by atoms with Gasteiger partial charge in [0, 0.05) is 26.6 Å². The molecule has 0 bridgehead atoms. The molecule has 1 aromatic rings. The first-order valence-electron chi connectivity index (χ1n) is 12.0. The Labute approximate surface area is 214 Å². The summed E-state index contributed by atoms with van der Waals surface area (Å²) >= 11 is 0. The third-order valence-corrected chi connectivity index (χ3v) is 5.77. The molecule has 0 aromatic heterocycles. The minimum absolute atomic E-state index is 0.00980. The number of imide groups is 2. The average molecular weight is 521 g/mol. The minimum atomic E-state index is -1.07. The molecule has 1 fully saturated rings. The van der Waals surface area contributed by atoms with Gasteiger partial charge in [-0.1, -0.05) is 6.07 Å². The van der Waals surface area contributed by atoms with Crippen LogP contribution in [0.1, 0.15) is 33.6 Å². The zero-order chi connectivity index (χ0) is 26.8. The number of nitrogens with zero attached hydrogens (tertiary/aromatic N) is 2. The molecule has 0 radical (unpaired) electrons. The summed E-state index contributed by atoms with van der Waals surface area (Å²) in [6.07, 6.45) is 0.105. The van der Waals surface area contributed by atoms with E-state index in [4.69, 9.17) is 24.7 Å². The predicted molar refractivity (Wildman–Crippen MR) is 128 cm³/mol. The maximum absolute atomic E-state index is 13.1. The molecule has 0 aliphatic carbocycles. The van der Waals surface area contributed by atoms with E-state index in [9.17, 15) is 24.0 Å². The van der Waals surface area contributed by atoms with Crippen molar-refractivity contribution in [1.82, 2.24) is 15.1 Å². The van der Waals surface area contributed by atoms with E-state index in [0.717, 1.165) is 9.80 Å². The lowest BCUT2D eigenvalue weighted by Crippen LogP contribution is -2.54. The number of nitrogens with two attached hydrogens (primary N) is 1. The van der Waals surface area contributed by atoms with Crippen molar-refractivity contribution in [3.63, 3.8) is 0 Å². The van der Waals surface area contributed by atoms with E-state index in [1.165, 1.54) is 25.2 Å². The summed E-state index contributed by atoms with van der Waals surface area (Å²) in [4.78, 5) is 64.4. The smallest absolute Gasteiger partial charge is 0.266 e. The van der Waals surface area contributed by atoms with E-state index < -0.39 is 29.7 Å². The summed E-state index contributed by atoms with van der Waals surface area (Å²) in [5.74, 6) is -2.69. The van der Waals surface area contributed by atoms with Crippen LogP contribution in [0.5, 0.6) is 5.75 Å². The molecule has 37 heavy (non-hydrogen) atoms. The zero-order valence-electron chi connectivity index (χ0n) is 20.7. The Bertz CT molecular complexity index is 1020. The Kier molecular flexibility index (Phi) is 10.5. The van der Waals surface area contributed by atoms with E-state index in [1.807, 2.05) is 0 Å². The summed E-state index contributed by atoms with van der Waals surface area (Å²) in [7, 11) is 1.32. The van der Waals surface area contributed by atoms with Crippen molar-refractivity contribution in [2.24, 2.45) is 5.73 Å². The lowest BCUT2D eigenvalue weighted by atomic mass is 10.0. The highest BCUT2D eigenvalue weighted by Crippen LogP contribution is 2.34. The van der Waals surface area contributed by atoms with Crippen molar-refractivity contribution < 1.29 is 42.9 Å². The van der Waals surface area contributed by atoms with E-state index >= 15 is 0 Å². The Morgan fingerprint density at radius 3 is 2.38 bits per heavy atom. The van der Waals surface area contributed by atoms with Gasteiger partial charge in [0.15, 0.2) is 6.61 Å². The number of carbonyl (C=O) groups is 5. The number of hydrogen-bond acceptors (Lipinski definition) is 10. The Hall–Kier alpha value is -3.39. The maximum atomic E-state index is 13.1. The molecule has 1 unspecified atom stereocenters. The number of rotatable bonds is 15. The summed E-state index contributed by atoms with van der Waals surface area (Å²) in [5, 5.41) is 2.64. The Balaban J connectivity index is 1.43. The molecule has 1 atom stereocenters. The van der Waals surface area contributed by atoms with Crippen LogP contribution in [0.25, 0.3) is 0 Å². The lowest BCUT2D eigenvalue weighted by Gasteiger charge is -2.32. The molecule has 0 saturated carbocycles. The fraction of sp³-hybridized carbons (Fsp3) is 0.542. The number of likely N-dealkylation sites (N-methyl/N-ethyl adjacent to an activating group) is 1. The number of nitrogens with one attached hydrogen (secondary N) is 1. The Morgan fingerprint density at radius 2 is 1.68 bits per heavy atom. The van der Waals surface area contributed by atoms with Crippen molar-refractivity contribution in [2.45, 2.75) is 18.9 Å². The summed E-state index contributed by atoms with van der Waals surface area (Å²) in [6, 6.07) is 3.39. The zero-order valence-corrected chi connectivity index (χ0v) is 20.7. The SMILES string of the molecule is CN1C(=O)CCC(N2C(=O)c3cccc(OCC(=O)NCCOCCOCCOCCN)c3C2=O)C1=O. The fourth-order valence-corrected chi connectivity index (χ4v) is 3.90. The number of benzene rings is 1. The van der Waals surface area contributed by atoms with Crippen molar-refractivity contribution >= 4 is 29.5 Å². The van der Waals surface area contributed by atoms with Gasteiger partial charge < -0.3 is 30.0 Å². The van der Waals surface area contributed by atoms with Gasteiger partial charge in [-0.25, -0.2) is 0 Å². The molecule has 13 heteroatoms. The quantitative estimate of drug-likeness (QED) is 0.215. The minimum Gasteiger partial charge on any atom is -0.483 e. The molecule has 1 saturated heterocycles. The predicted octanol–water partition coefficient (Wildman–Crippen LogP) is -1.07. The normalized spacial score (nSPS) is 17.4. The molecular formula is C24H32N4O9. The summed E-state index contributed by atoms with van der Waals surface area (Å²) < 4.78 is 21.4. The molecule has 2 aliphatic rings. The molecule has 1 aromatic carbocycles. The van der Waals surface area contributed by atoms with Crippen molar-refractivity contribution in [1.29, 1.82) is 0 Å². The second-order valence-electron chi connectivity index (χ2n) is 8.27. The number of fused-ring (bicyclic) bond motifs is 1. The molecule has 2 aliphatic heterocycles. The highest BCUT2D eigenvalue weighted by Gasteiger charge is 2.47. The van der Waals surface area contributed by atoms with Crippen molar-refractivity contribution in [3.8, 4) is 5.75 Å². The monoisotopic (exact) mass is 520 g/mol. The van der Waals surface area contributed by atoms with E-state index in [1.54, 1.807) is 0 Å². The number of ether oxygens (including phenoxy) is 4. The third kappa shape index (κ3) is 7.10. The highest BCUT2D eigenvalue weighted by atomic mass is 16.5. The van der Waals surface area contributed by atoms with Crippen LogP contribution >= 0.6 is 0 Å². The van der Waals surface area contributed by atoms with Gasteiger partial charge in [-0.05, 0) is 18.6 Å². The van der Waals surface area contributed by atoms with Crippen LogP contribution in [-0.2, 0) is 28.6 Å². The molecule has 3 N–H and O–H groups in total. The number of likely N-dealkylation sites (tertiary alicyclic amines) is 1. The van der Waals surface area contributed by atoms with Gasteiger partial charge in [0.1, 0.15) is 11.8 Å². The first kappa shape index (κ1) is 28.2. The van der Waals surface area contributed by atoms with E-state index in [0.29, 0.717) is 39.6 Å². The topological polar surface area (TPSA) is 167 Å². The standard InChI is InChI=1S/C24H32N4O9/c1-27-20(30)6-5-17(23(27)32)28-22(31)16-3-2-4-18(21(16)24(28)33)37-15-19(29)26-8-10-35-12-14-36-13-11-34-9-7-25/h2-4,17H,5-15,25H2,1H3,(H,26,29). The molecule has 2 heterocycles. The van der Waals surface area contributed by atoms with Crippen molar-refractivity contribution in [2.75, 3.05) is 66.4 Å². The summed E-state index contributed by atoms with van der Waals surface area (Å²) in [5.41, 5.74) is 5.38. The molecule has 0 spiro atoms. The highest BCUT2D eigenvalue weighted by molar-refractivity contribution is 6.24. The van der Waals surface area contributed by atoms with Crippen LogP contribution < -0.4 is 15.8 Å². The van der Waals surface area contributed by atoms with Gasteiger partial charge in [-0.15, -0.1) is 0 Å².